The second-order valence-electron chi connectivity index (χ2n) is 8.20. The number of piperidine rings is 1. The molecule has 4 nitrogen and oxygen atoms in total. The van der Waals surface area contributed by atoms with Gasteiger partial charge >= 0.3 is 0 Å². The highest BCUT2D eigenvalue weighted by atomic mass is 32.1. The average Bonchev–Trinajstić information content (AvgIpc) is 2.65. The van der Waals surface area contributed by atoms with E-state index < -0.39 is 12.5 Å². The van der Waals surface area contributed by atoms with Gasteiger partial charge in [-0.1, -0.05) is 19.9 Å². The molecule has 1 fully saturated rings. The number of hydrogen-bond acceptors (Lipinski definition) is 4. The molecule has 3 rings (SSSR count). The molecule has 0 aromatic heterocycles. The van der Waals surface area contributed by atoms with Crippen LogP contribution in [-0.4, -0.2) is 49.8 Å². The lowest BCUT2D eigenvalue weighted by Crippen LogP contribution is -2.49. The zero-order valence-corrected chi connectivity index (χ0v) is 22.7. The Bertz CT molecular complexity index is 666. The molecule has 31 heavy (non-hydrogen) atoms. The number of benzene rings is 1. The minimum Gasteiger partial charge on any atom is -0.494 e. The molecule has 1 saturated heterocycles. The van der Waals surface area contributed by atoms with Crippen LogP contribution in [0.4, 0.5) is 4.39 Å². The first-order chi connectivity index (χ1) is 13.0. The first-order valence-electron chi connectivity index (χ1n) is 10.2. The third kappa shape index (κ3) is 8.66. The lowest BCUT2D eigenvalue weighted by molar-refractivity contribution is -0.131. The number of hydrogen-bond donors (Lipinski definition) is 0. The Balaban J connectivity index is 0. The largest absolute Gasteiger partial charge is 0.494 e. The van der Waals surface area contributed by atoms with E-state index in [1.807, 2.05) is 6.92 Å². The number of ketones is 1. The van der Waals surface area contributed by atoms with E-state index >= 15 is 0 Å². The highest BCUT2D eigenvalue weighted by Crippen LogP contribution is 2.41. The Kier molecular flexibility index (Phi) is 16.8. The van der Waals surface area contributed by atoms with E-state index in [1.165, 1.54) is 11.1 Å². The summed E-state index contributed by atoms with van der Waals surface area (Å²) in [5, 5.41) is 0. The number of carbonyl (C=O) groups is 1. The average molecular weight is 513 g/mol. The van der Waals surface area contributed by atoms with Gasteiger partial charge in [0.05, 0.1) is 12.7 Å². The van der Waals surface area contributed by atoms with Gasteiger partial charge in [0.25, 0.3) is 0 Å². The standard InChI is InChI=1S/C22H32FNO3.4H2S/c1-4-26-19-5-6-20-16(10-19)7-8-24-13-17(9-15(2)3)22(11-21(20)24)27-14-18(25)12-23;;;;/h5-6,10,15,17,21-22H,4,7-9,11-14H2,1-3H3;4*1H2/t17-,21-,22-;;;;/m0..../s1/i23-1;;;;. The summed E-state index contributed by atoms with van der Waals surface area (Å²) in [6.45, 7) is 8.07. The van der Waals surface area contributed by atoms with Gasteiger partial charge in [0.1, 0.15) is 12.4 Å². The van der Waals surface area contributed by atoms with E-state index in [2.05, 4.69) is 36.9 Å². The smallest absolute Gasteiger partial charge is 0.189 e. The van der Waals surface area contributed by atoms with Crippen LogP contribution in [0.2, 0.25) is 0 Å². The third-order valence-electron chi connectivity index (χ3n) is 5.73. The number of Topliss-reactive ketones (excluding diaryl/α,β-unsaturated/α-hetero) is 1. The van der Waals surface area contributed by atoms with E-state index in [9.17, 15) is 9.18 Å². The van der Waals surface area contributed by atoms with Crippen LogP contribution in [0.1, 0.15) is 50.8 Å². The van der Waals surface area contributed by atoms with Crippen LogP contribution in [0.3, 0.4) is 0 Å². The summed E-state index contributed by atoms with van der Waals surface area (Å²) in [7, 11) is 0. The highest BCUT2D eigenvalue weighted by molar-refractivity contribution is 7.59. The van der Waals surface area contributed by atoms with Gasteiger partial charge in [-0.3, -0.25) is 9.69 Å². The van der Waals surface area contributed by atoms with Crippen molar-refractivity contribution in [1.82, 2.24) is 4.90 Å². The molecule has 2 aliphatic heterocycles. The zero-order valence-electron chi connectivity index (χ0n) is 18.7. The summed E-state index contributed by atoms with van der Waals surface area (Å²) >= 11 is 0. The fourth-order valence-corrected chi connectivity index (χ4v) is 4.60. The predicted octanol–water partition coefficient (Wildman–Crippen LogP) is 4.43. The summed E-state index contributed by atoms with van der Waals surface area (Å²) in [6, 6.07) is 6.70. The minimum absolute atomic E-state index is 0. The summed E-state index contributed by atoms with van der Waals surface area (Å²) in [5.41, 5.74) is 2.70. The quantitative estimate of drug-likeness (QED) is 0.517. The predicted molar refractivity (Wildman–Crippen MR) is 145 cm³/mol. The van der Waals surface area contributed by atoms with Crippen LogP contribution in [-0.2, 0) is 16.0 Å². The van der Waals surface area contributed by atoms with Crippen molar-refractivity contribution < 1.29 is 18.7 Å². The molecule has 182 valence electrons. The molecule has 1 aromatic carbocycles. The second-order valence-corrected chi connectivity index (χ2v) is 8.20. The Morgan fingerprint density at radius 3 is 2.55 bits per heavy atom. The van der Waals surface area contributed by atoms with Crippen LogP contribution < -0.4 is 4.74 Å². The van der Waals surface area contributed by atoms with Crippen molar-refractivity contribution >= 4 is 59.8 Å². The number of ether oxygens (including phenoxy) is 2. The van der Waals surface area contributed by atoms with E-state index in [-0.39, 0.29) is 66.7 Å². The Morgan fingerprint density at radius 1 is 1.23 bits per heavy atom. The Hall–Kier alpha value is -0.0600. The van der Waals surface area contributed by atoms with Gasteiger partial charge in [0.15, 0.2) is 12.5 Å². The molecule has 3 atom stereocenters. The molecule has 0 amide bonds. The molecule has 0 bridgehead atoms. The molecular formula is C22H40FNO3S4. The molecule has 0 aliphatic carbocycles. The summed E-state index contributed by atoms with van der Waals surface area (Å²) < 4.78 is 24.2. The number of nitrogens with zero attached hydrogens (tertiary/aromatic N) is 1. The van der Waals surface area contributed by atoms with Crippen molar-refractivity contribution in [3.63, 3.8) is 0 Å². The lowest BCUT2D eigenvalue weighted by Gasteiger charge is -2.47. The van der Waals surface area contributed by atoms with Crippen molar-refractivity contribution in [2.45, 2.75) is 52.2 Å². The van der Waals surface area contributed by atoms with Gasteiger partial charge in [0.2, 0.25) is 0 Å². The molecule has 0 unspecified atom stereocenters. The van der Waals surface area contributed by atoms with Gasteiger partial charge in [0, 0.05) is 19.1 Å². The van der Waals surface area contributed by atoms with Crippen molar-refractivity contribution in [1.29, 1.82) is 0 Å². The molecule has 1 aromatic rings. The molecule has 0 spiro atoms. The van der Waals surface area contributed by atoms with Crippen molar-refractivity contribution in [2.24, 2.45) is 11.8 Å². The first-order valence-corrected chi connectivity index (χ1v) is 10.2. The number of halogens is 1. The SMILES string of the molecule is CCOc1ccc2c(c1)CCN1C[C@H](CC(C)C)[C@@H](OCC(=O)C[18F])C[C@@H]21.S.S.S.S. The normalized spacial score (nSPS) is 21.9. The fourth-order valence-electron chi connectivity index (χ4n) is 4.60. The van der Waals surface area contributed by atoms with E-state index in [0.29, 0.717) is 24.5 Å². The van der Waals surface area contributed by atoms with Crippen LogP contribution in [0.5, 0.6) is 5.75 Å². The minimum atomic E-state index is -0.944. The number of rotatable bonds is 8. The molecule has 0 N–H and O–H groups in total. The van der Waals surface area contributed by atoms with Gasteiger partial charge in [-0.2, -0.15) is 54.0 Å². The van der Waals surface area contributed by atoms with Crippen LogP contribution >= 0.6 is 54.0 Å². The van der Waals surface area contributed by atoms with Crippen molar-refractivity contribution in [3.05, 3.63) is 29.3 Å². The molecule has 9 heteroatoms. The molecule has 2 heterocycles. The topological polar surface area (TPSA) is 38.8 Å². The fraction of sp³-hybridized carbons (Fsp3) is 0.682. The van der Waals surface area contributed by atoms with E-state index in [0.717, 1.165) is 38.1 Å². The number of carbonyl (C=O) groups excluding carboxylic acids is 1. The Labute approximate surface area is 214 Å². The van der Waals surface area contributed by atoms with Gasteiger partial charge in [-0.25, -0.2) is 4.39 Å². The van der Waals surface area contributed by atoms with E-state index in [1.54, 1.807) is 0 Å². The molecule has 2 aliphatic rings. The third-order valence-corrected chi connectivity index (χ3v) is 5.73. The lowest BCUT2D eigenvalue weighted by atomic mass is 9.79. The monoisotopic (exact) mass is 512 g/mol. The second kappa shape index (κ2) is 15.7. The zero-order chi connectivity index (χ0) is 19.4. The summed E-state index contributed by atoms with van der Waals surface area (Å²) in [5.74, 6) is 1.42. The summed E-state index contributed by atoms with van der Waals surface area (Å²) in [6.07, 6.45) is 2.96. The van der Waals surface area contributed by atoms with Crippen LogP contribution in [0, 0.1) is 11.8 Å². The summed E-state index contributed by atoms with van der Waals surface area (Å²) in [4.78, 5) is 14.0. The van der Waals surface area contributed by atoms with Crippen molar-refractivity contribution in [3.8, 4) is 5.75 Å². The van der Waals surface area contributed by atoms with Crippen LogP contribution in [0.15, 0.2) is 18.2 Å². The van der Waals surface area contributed by atoms with E-state index in [4.69, 9.17) is 9.47 Å². The molecule has 0 radical (unpaired) electrons. The van der Waals surface area contributed by atoms with Crippen molar-refractivity contribution in [2.75, 3.05) is 33.0 Å². The Morgan fingerprint density at radius 2 is 1.94 bits per heavy atom. The number of alkyl halides is 1. The first kappa shape index (κ1) is 33.1. The molecule has 0 saturated carbocycles. The maximum absolute atomic E-state index is 12.6. The maximum Gasteiger partial charge on any atom is 0.189 e. The van der Waals surface area contributed by atoms with Crippen LogP contribution in [0.25, 0.3) is 0 Å². The van der Waals surface area contributed by atoms with Gasteiger partial charge in [-0.15, -0.1) is 0 Å². The number of fused-ring (bicyclic) bond motifs is 3. The highest BCUT2D eigenvalue weighted by Gasteiger charge is 2.39. The van der Waals surface area contributed by atoms with Gasteiger partial charge in [-0.05, 0) is 61.3 Å². The molecular weight excluding hydrogens is 473 g/mol. The maximum atomic E-state index is 12.6. The van der Waals surface area contributed by atoms with Gasteiger partial charge < -0.3 is 9.47 Å².